The molecule has 0 aromatic heterocycles. The Balaban J connectivity index is 2.00. The summed E-state index contributed by atoms with van der Waals surface area (Å²) in [4.78, 5) is 35.3. The molecule has 10 heteroatoms. The van der Waals surface area contributed by atoms with Crippen LogP contribution in [0.25, 0.3) is 0 Å². The van der Waals surface area contributed by atoms with E-state index >= 15 is 0 Å². The normalized spacial score (nSPS) is 12.0. The number of carbonyl (C=O) groups is 3. The molecule has 0 aliphatic heterocycles. The molecular weight excluding hydrogens is 391 g/mol. The highest BCUT2D eigenvalue weighted by molar-refractivity contribution is 5.99. The van der Waals surface area contributed by atoms with E-state index in [-0.39, 0.29) is 11.5 Å². The molecule has 0 saturated heterocycles. The minimum Gasteiger partial charge on any atom is -0.449 e. The number of hydrogen-bond acceptors (Lipinski definition) is 5. The van der Waals surface area contributed by atoms with Crippen molar-refractivity contribution in [1.82, 2.24) is 0 Å². The average Bonchev–Trinajstić information content (AvgIpc) is 2.61. The number of amides is 2. The van der Waals surface area contributed by atoms with E-state index in [1.165, 1.54) is 26.0 Å². The Kier molecular flexibility index (Phi) is 6.47. The molecule has 0 radical (unpaired) electrons. The van der Waals surface area contributed by atoms with Gasteiger partial charge in [0, 0.05) is 24.0 Å². The van der Waals surface area contributed by atoms with Crippen molar-refractivity contribution >= 4 is 34.8 Å². The first-order valence-electron chi connectivity index (χ1n) is 8.33. The van der Waals surface area contributed by atoms with Crippen molar-refractivity contribution in [2.45, 2.75) is 26.1 Å². The van der Waals surface area contributed by atoms with E-state index in [0.717, 1.165) is 6.07 Å². The van der Waals surface area contributed by atoms with Gasteiger partial charge in [-0.15, -0.1) is 0 Å². The fourth-order valence-electron chi connectivity index (χ4n) is 2.29. The van der Waals surface area contributed by atoms with Gasteiger partial charge in [-0.05, 0) is 49.4 Å². The number of anilines is 3. The number of esters is 1. The predicted octanol–water partition coefficient (Wildman–Crippen LogP) is 3.43. The Bertz CT molecular complexity index is 927. The summed E-state index contributed by atoms with van der Waals surface area (Å²) in [6.07, 6.45) is -5.83. The van der Waals surface area contributed by atoms with Gasteiger partial charge >= 0.3 is 12.1 Å². The number of carbonyl (C=O) groups excluding carboxylic acids is 3. The van der Waals surface area contributed by atoms with Crippen LogP contribution in [0, 0.1) is 0 Å². The molecule has 29 heavy (non-hydrogen) atoms. The Morgan fingerprint density at radius 2 is 1.55 bits per heavy atom. The topological polar surface area (TPSA) is 111 Å². The van der Waals surface area contributed by atoms with Crippen molar-refractivity contribution < 1.29 is 32.3 Å². The molecule has 0 bridgehead atoms. The van der Waals surface area contributed by atoms with Crippen molar-refractivity contribution in [3.05, 3.63) is 53.6 Å². The first-order valence-corrected chi connectivity index (χ1v) is 8.33. The summed E-state index contributed by atoms with van der Waals surface area (Å²) in [6, 6.07) is 8.42. The van der Waals surface area contributed by atoms with E-state index in [2.05, 4.69) is 10.6 Å². The average molecular weight is 409 g/mol. The standard InChI is InChI=1S/C19H18F3N3O4/c1-10(17(27)25-14-6-4-13(5-7-14)24-11(2)26)29-18(28)15-8-3-12(9-16(15)23)19(20,21)22/h3-10H,23H2,1-2H3,(H,24,26)(H,25,27)/t10-/m0/s1. The van der Waals surface area contributed by atoms with Crippen LogP contribution in [-0.4, -0.2) is 23.9 Å². The third-order valence-electron chi connectivity index (χ3n) is 3.72. The van der Waals surface area contributed by atoms with Gasteiger partial charge < -0.3 is 21.1 Å². The number of nitrogens with two attached hydrogens (primary N) is 1. The van der Waals surface area contributed by atoms with Crippen molar-refractivity contribution in [2.75, 3.05) is 16.4 Å². The minimum atomic E-state index is -4.60. The van der Waals surface area contributed by atoms with E-state index < -0.39 is 35.4 Å². The van der Waals surface area contributed by atoms with E-state index in [1.54, 1.807) is 12.1 Å². The molecule has 2 amide bonds. The summed E-state index contributed by atoms with van der Waals surface area (Å²) in [5, 5.41) is 5.08. The molecule has 0 saturated carbocycles. The van der Waals surface area contributed by atoms with Crippen LogP contribution in [0.3, 0.4) is 0 Å². The maximum Gasteiger partial charge on any atom is 0.416 e. The fraction of sp³-hybridized carbons (Fsp3) is 0.211. The predicted molar refractivity (Wildman–Crippen MR) is 100 cm³/mol. The van der Waals surface area contributed by atoms with Crippen LogP contribution in [0.2, 0.25) is 0 Å². The lowest BCUT2D eigenvalue weighted by atomic mass is 10.1. The maximum atomic E-state index is 12.7. The molecule has 0 aliphatic rings. The second kappa shape index (κ2) is 8.63. The number of hydrogen-bond donors (Lipinski definition) is 3. The number of halogens is 3. The molecule has 1 atom stereocenters. The third kappa shape index (κ3) is 5.96. The van der Waals surface area contributed by atoms with Gasteiger partial charge in [0.15, 0.2) is 6.10 Å². The highest BCUT2D eigenvalue weighted by atomic mass is 19.4. The summed E-state index contributed by atoms with van der Waals surface area (Å²) < 4.78 is 43.0. The number of nitrogen functional groups attached to an aromatic ring is 1. The Labute approximate surface area is 164 Å². The van der Waals surface area contributed by atoms with Crippen LogP contribution < -0.4 is 16.4 Å². The largest absolute Gasteiger partial charge is 0.449 e. The molecule has 2 rings (SSSR count). The summed E-state index contributed by atoms with van der Waals surface area (Å²) in [5.74, 6) is -1.93. The lowest BCUT2D eigenvalue weighted by Gasteiger charge is -2.15. The van der Waals surface area contributed by atoms with E-state index in [4.69, 9.17) is 10.5 Å². The SMILES string of the molecule is CC(=O)Nc1ccc(NC(=O)[C@H](C)OC(=O)c2ccc(C(F)(F)F)cc2N)cc1. The molecular formula is C19H18F3N3O4. The number of rotatable bonds is 5. The summed E-state index contributed by atoms with van der Waals surface area (Å²) in [5.41, 5.74) is 4.75. The van der Waals surface area contributed by atoms with Gasteiger partial charge in [0.1, 0.15) is 0 Å². The maximum absolute atomic E-state index is 12.7. The number of benzene rings is 2. The van der Waals surface area contributed by atoms with Crippen LogP contribution in [0.1, 0.15) is 29.8 Å². The van der Waals surface area contributed by atoms with Crippen LogP contribution in [0.15, 0.2) is 42.5 Å². The molecule has 2 aromatic carbocycles. The quantitative estimate of drug-likeness (QED) is 0.518. The smallest absolute Gasteiger partial charge is 0.416 e. The molecule has 0 fully saturated rings. The van der Waals surface area contributed by atoms with Crippen molar-refractivity contribution in [1.29, 1.82) is 0 Å². The van der Waals surface area contributed by atoms with Crippen LogP contribution in [0.4, 0.5) is 30.2 Å². The van der Waals surface area contributed by atoms with Gasteiger partial charge in [-0.25, -0.2) is 4.79 Å². The van der Waals surface area contributed by atoms with Gasteiger partial charge in [0.05, 0.1) is 11.1 Å². The van der Waals surface area contributed by atoms with E-state index in [0.29, 0.717) is 23.5 Å². The number of ether oxygens (including phenoxy) is 1. The van der Waals surface area contributed by atoms with Gasteiger partial charge in [0.2, 0.25) is 5.91 Å². The molecule has 0 unspecified atom stereocenters. The van der Waals surface area contributed by atoms with Gasteiger partial charge in [-0.2, -0.15) is 13.2 Å². The molecule has 4 N–H and O–H groups in total. The van der Waals surface area contributed by atoms with Gasteiger partial charge in [0.25, 0.3) is 5.91 Å². The summed E-state index contributed by atoms with van der Waals surface area (Å²) in [6.45, 7) is 2.66. The molecule has 0 spiro atoms. The summed E-state index contributed by atoms with van der Waals surface area (Å²) >= 11 is 0. The van der Waals surface area contributed by atoms with Crippen molar-refractivity contribution in [2.24, 2.45) is 0 Å². The third-order valence-corrected chi connectivity index (χ3v) is 3.72. The zero-order valence-corrected chi connectivity index (χ0v) is 15.5. The van der Waals surface area contributed by atoms with Crippen LogP contribution in [-0.2, 0) is 20.5 Å². The van der Waals surface area contributed by atoms with Crippen molar-refractivity contribution in [3.63, 3.8) is 0 Å². The first kappa shape index (κ1) is 21.7. The highest BCUT2D eigenvalue weighted by Gasteiger charge is 2.31. The minimum absolute atomic E-state index is 0.246. The second-order valence-electron chi connectivity index (χ2n) is 6.10. The highest BCUT2D eigenvalue weighted by Crippen LogP contribution is 2.31. The Morgan fingerprint density at radius 1 is 1.00 bits per heavy atom. The first-order chi connectivity index (χ1) is 13.5. The van der Waals surface area contributed by atoms with E-state index in [1.807, 2.05) is 0 Å². The Morgan fingerprint density at radius 3 is 2.03 bits per heavy atom. The lowest BCUT2D eigenvalue weighted by Crippen LogP contribution is -2.30. The molecule has 2 aromatic rings. The van der Waals surface area contributed by atoms with E-state index in [9.17, 15) is 27.6 Å². The lowest BCUT2D eigenvalue weighted by molar-refractivity contribution is -0.137. The fourth-order valence-corrected chi connectivity index (χ4v) is 2.29. The zero-order valence-electron chi connectivity index (χ0n) is 15.5. The zero-order chi connectivity index (χ0) is 21.8. The number of alkyl halides is 3. The van der Waals surface area contributed by atoms with Crippen molar-refractivity contribution in [3.8, 4) is 0 Å². The summed E-state index contributed by atoms with van der Waals surface area (Å²) in [7, 11) is 0. The molecule has 0 heterocycles. The van der Waals surface area contributed by atoms with Gasteiger partial charge in [-0.1, -0.05) is 0 Å². The van der Waals surface area contributed by atoms with Crippen LogP contribution in [0.5, 0.6) is 0 Å². The molecule has 7 nitrogen and oxygen atoms in total. The van der Waals surface area contributed by atoms with Gasteiger partial charge in [-0.3, -0.25) is 9.59 Å². The molecule has 0 aliphatic carbocycles. The molecule has 154 valence electrons. The second-order valence-corrected chi connectivity index (χ2v) is 6.10. The monoisotopic (exact) mass is 409 g/mol. The van der Waals surface area contributed by atoms with Crippen LogP contribution >= 0.6 is 0 Å². The Hall–Kier alpha value is -3.56. The number of nitrogens with one attached hydrogen (secondary N) is 2.